The highest BCUT2D eigenvalue weighted by atomic mass is 16.6. The molecule has 2 N–H and O–H groups in total. The minimum Gasteiger partial charge on any atom is -0.496 e. The van der Waals surface area contributed by atoms with Gasteiger partial charge in [0, 0.05) is 25.1 Å². The molecule has 5 rings (SSSR count). The van der Waals surface area contributed by atoms with Crippen LogP contribution < -0.4 is 29.0 Å². The molecule has 0 saturated heterocycles. The number of nitrogens with one attached hydrogen (secondary N) is 1. The van der Waals surface area contributed by atoms with Crippen LogP contribution in [0, 0.1) is 18.3 Å². The van der Waals surface area contributed by atoms with Crippen molar-refractivity contribution in [3.8, 4) is 45.9 Å². The van der Waals surface area contributed by atoms with Crippen LogP contribution in [0.15, 0.2) is 72.8 Å². The molecule has 0 bridgehead atoms. The van der Waals surface area contributed by atoms with Crippen LogP contribution in [0.3, 0.4) is 0 Å². The molecule has 1 aliphatic heterocycles. The molecule has 45 heavy (non-hydrogen) atoms. The van der Waals surface area contributed by atoms with E-state index >= 15 is 0 Å². The van der Waals surface area contributed by atoms with Crippen molar-refractivity contribution in [1.82, 2.24) is 5.32 Å². The zero-order chi connectivity index (χ0) is 31.6. The number of hydrogen-bond donors (Lipinski definition) is 2. The quantitative estimate of drug-likeness (QED) is 0.156. The molecule has 0 spiro atoms. The van der Waals surface area contributed by atoms with Crippen LogP contribution in [-0.2, 0) is 24.6 Å². The van der Waals surface area contributed by atoms with E-state index in [0.29, 0.717) is 62.1 Å². The average molecular weight is 609 g/mol. The number of benzene rings is 4. The molecular formula is C36H36N2O7. The predicted octanol–water partition coefficient (Wildman–Crippen LogP) is 6.43. The molecule has 1 aliphatic rings. The molecule has 9 nitrogen and oxygen atoms in total. The number of rotatable bonds is 14. The normalized spacial score (nSPS) is 11.8. The molecule has 232 valence electrons. The standard InChI is InChI=1S/C36H36N2O7/c1-24-28(8-4-9-30(24)27-11-12-32-35(17-27)43-15-14-42-32)23-44-29-18-33(41-2)31(21-38-13-5-10-36(39)40)34(19-29)45-22-26-7-3-6-25(16-26)20-37/h3-4,6-9,11-12,16-19,38H,5,10,13-15,21-23H2,1-2H3,(H,39,40). The predicted molar refractivity (Wildman–Crippen MR) is 169 cm³/mol. The lowest BCUT2D eigenvalue weighted by Crippen LogP contribution is -2.17. The highest BCUT2D eigenvalue weighted by Gasteiger charge is 2.17. The van der Waals surface area contributed by atoms with Crippen LogP contribution in [0.4, 0.5) is 0 Å². The molecule has 0 saturated carbocycles. The van der Waals surface area contributed by atoms with Crippen LogP contribution in [-0.4, -0.2) is 37.9 Å². The van der Waals surface area contributed by atoms with Crippen molar-refractivity contribution in [3.05, 3.63) is 101 Å². The fourth-order valence-corrected chi connectivity index (χ4v) is 5.16. The molecule has 0 radical (unpaired) electrons. The lowest BCUT2D eigenvalue weighted by Gasteiger charge is -2.20. The van der Waals surface area contributed by atoms with Crippen LogP contribution >= 0.6 is 0 Å². The highest BCUT2D eigenvalue weighted by molar-refractivity contribution is 5.71. The summed E-state index contributed by atoms with van der Waals surface area (Å²) in [5, 5.41) is 21.5. The number of aliphatic carboxylic acids is 1. The summed E-state index contributed by atoms with van der Waals surface area (Å²) >= 11 is 0. The van der Waals surface area contributed by atoms with Gasteiger partial charge in [0.25, 0.3) is 0 Å². The minimum atomic E-state index is -0.827. The van der Waals surface area contributed by atoms with Crippen molar-refractivity contribution < 1.29 is 33.6 Å². The smallest absolute Gasteiger partial charge is 0.303 e. The van der Waals surface area contributed by atoms with E-state index in [0.717, 1.165) is 44.9 Å². The van der Waals surface area contributed by atoms with E-state index in [2.05, 4.69) is 24.4 Å². The number of methoxy groups -OCH3 is 1. The zero-order valence-corrected chi connectivity index (χ0v) is 25.4. The Hall–Kier alpha value is -5.20. The Kier molecular flexibility index (Phi) is 10.4. The van der Waals surface area contributed by atoms with Crippen LogP contribution in [0.25, 0.3) is 11.1 Å². The summed E-state index contributed by atoms with van der Waals surface area (Å²) in [6.07, 6.45) is 0.589. The lowest BCUT2D eigenvalue weighted by molar-refractivity contribution is -0.137. The van der Waals surface area contributed by atoms with E-state index in [1.165, 1.54) is 0 Å². The average Bonchev–Trinajstić information content (AvgIpc) is 3.06. The van der Waals surface area contributed by atoms with Crippen molar-refractivity contribution in [2.45, 2.75) is 39.5 Å². The first kappa shape index (κ1) is 31.2. The lowest BCUT2D eigenvalue weighted by atomic mass is 9.96. The van der Waals surface area contributed by atoms with E-state index in [-0.39, 0.29) is 13.0 Å². The minimum absolute atomic E-state index is 0.0881. The molecule has 9 heteroatoms. The van der Waals surface area contributed by atoms with E-state index < -0.39 is 5.97 Å². The number of ether oxygens (including phenoxy) is 5. The van der Waals surface area contributed by atoms with Crippen molar-refractivity contribution in [3.63, 3.8) is 0 Å². The molecule has 0 aromatic heterocycles. The second-order valence-corrected chi connectivity index (χ2v) is 10.6. The summed E-state index contributed by atoms with van der Waals surface area (Å²) in [6.45, 7) is 4.66. The van der Waals surface area contributed by atoms with E-state index in [4.69, 9.17) is 28.8 Å². The second kappa shape index (κ2) is 15.0. The van der Waals surface area contributed by atoms with Crippen molar-refractivity contribution in [2.24, 2.45) is 0 Å². The maximum absolute atomic E-state index is 10.9. The molecule has 0 atom stereocenters. The van der Waals surface area contributed by atoms with Gasteiger partial charge < -0.3 is 34.1 Å². The number of nitrogens with zero attached hydrogens (tertiary/aromatic N) is 1. The van der Waals surface area contributed by atoms with Crippen molar-refractivity contribution in [2.75, 3.05) is 26.9 Å². The van der Waals surface area contributed by atoms with Gasteiger partial charge in [-0.15, -0.1) is 0 Å². The Morgan fingerprint density at radius 1 is 0.956 bits per heavy atom. The van der Waals surface area contributed by atoms with Gasteiger partial charge in [-0.25, -0.2) is 0 Å². The first-order chi connectivity index (χ1) is 21.9. The van der Waals surface area contributed by atoms with Gasteiger partial charge in [0.15, 0.2) is 11.5 Å². The van der Waals surface area contributed by atoms with Gasteiger partial charge in [0.2, 0.25) is 0 Å². The fourth-order valence-electron chi connectivity index (χ4n) is 5.16. The number of carboxylic acid groups (broad SMARTS) is 1. The molecular weight excluding hydrogens is 572 g/mol. The summed E-state index contributed by atoms with van der Waals surface area (Å²) < 4.78 is 29.8. The monoisotopic (exact) mass is 608 g/mol. The van der Waals surface area contributed by atoms with Crippen molar-refractivity contribution in [1.29, 1.82) is 5.26 Å². The second-order valence-electron chi connectivity index (χ2n) is 10.6. The van der Waals surface area contributed by atoms with Gasteiger partial charge in [-0.2, -0.15) is 5.26 Å². The zero-order valence-electron chi connectivity index (χ0n) is 25.4. The SMILES string of the molecule is COc1cc(OCc2cccc(-c3ccc4c(c3)OCCO4)c2C)cc(OCc2cccc(C#N)c2)c1CNCCCC(=O)O. The van der Waals surface area contributed by atoms with E-state index in [9.17, 15) is 10.1 Å². The molecule has 0 aliphatic carbocycles. The maximum Gasteiger partial charge on any atom is 0.303 e. The van der Waals surface area contributed by atoms with Gasteiger partial charge >= 0.3 is 5.97 Å². The number of carboxylic acids is 1. The Morgan fingerprint density at radius 2 is 1.76 bits per heavy atom. The topological polar surface area (TPSA) is 119 Å². The Balaban J connectivity index is 1.36. The Bertz CT molecular complexity index is 1700. The van der Waals surface area contributed by atoms with Gasteiger partial charge in [-0.3, -0.25) is 4.79 Å². The number of hydrogen-bond acceptors (Lipinski definition) is 8. The van der Waals surface area contributed by atoms with Crippen LogP contribution in [0.2, 0.25) is 0 Å². The first-order valence-corrected chi connectivity index (χ1v) is 14.8. The fraction of sp³-hybridized carbons (Fsp3) is 0.278. The summed E-state index contributed by atoms with van der Waals surface area (Å²) in [6, 6.07) is 25.2. The van der Waals surface area contributed by atoms with Gasteiger partial charge in [0.05, 0.1) is 24.3 Å². The molecule has 0 amide bonds. The van der Waals surface area contributed by atoms with E-state index in [1.807, 2.05) is 54.6 Å². The number of fused-ring (bicyclic) bond motifs is 1. The first-order valence-electron chi connectivity index (χ1n) is 14.8. The third-order valence-electron chi connectivity index (χ3n) is 7.55. The number of carbonyl (C=O) groups is 1. The molecule has 0 fully saturated rings. The molecule has 4 aromatic carbocycles. The van der Waals surface area contributed by atoms with Crippen molar-refractivity contribution >= 4 is 5.97 Å². The van der Waals surface area contributed by atoms with Crippen LogP contribution in [0.5, 0.6) is 28.7 Å². The highest BCUT2D eigenvalue weighted by Crippen LogP contribution is 2.38. The number of nitriles is 1. The largest absolute Gasteiger partial charge is 0.496 e. The molecule has 4 aromatic rings. The Morgan fingerprint density at radius 3 is 2.56 bits per heavy atom. The summed E-state index contributed by atoms with van der Waals surface area (Å²) in [5.74, 6) is 2.40. The Labute approximate surface area is 262 Å². The molecule has 1 heterocycles. The summed E-state index contributed by atoms with van der Waals surface area (Å²) in [5.41, 5.74) is 6.44. The third-order valence-corrected chi connectivity index (χ3v) is 7.55. The molecule has 0 unspecified atom stereocenters. The van der Waals surface area contributed by atoms with E-state index in [1.54, 1.807) is 19.2 Å². The van der Waals surface area contributed by atoms with Gasteiger partial charge in [-0.1, -0.05) is 36.4 Å². The third kappa shape index (κ3) is 8.05. The summed E-state index contributed by atoms with van der Waals surface area (Å²) in [4.78, 5) is 10.9. The van der Waals surface area contributed by atoms with Gasteiger partial charge in [-0.05, 0) is 72.0 Å². The maximum atomic E-state index is 10.9. The van der Waals surface area contributed by atoms with Crippen LogP contribution in [0.1, 0.15) is 40.7 Å². The summed E-state index contributed by atoms with van der Waals surface area (Å²) in [7, 11) is 1.59. The van der Waals surface area contributed by atoms with Gasteiger partial charge in [0.1, 0.15) is 43.7 Å².